The van der Waals surface area contributed by atoms with Crippen molar-refractivity contribution in [3.8, 4) is 5.69 Å². The number of carbonyl (C=O) groups is 1. The van der Waals surface area contributed by atoms with Gasteiger partial charge in [0.25, 0.3) is 11.5 Å². The average Bonchev–Trinajstić information content (AvgIpc) is 2.79. The molecule has 1 aromatic heterocycles. The molecule has 0 unspecified atom stereocenters. The molecule has 6 nitrogen and oxygen atoms in total. The molecule has 0 aliphatic carbocycles. The molecule has 0 bridgehead atoms. The van der Waals surface area contributed by atoms with Crippen LogP contribution < -0.4 is 11.0 Å². The Morgan fingerprint density at radius 1 is 1.12 bits per heavy atom. The van der Waals surface area contributed by atoms with Crippen LogP contribution in [0.4, 0.5) is 0 Å². The zero-order valence-electron chi connectivity index (χ0n) is 17.2. The first-order chi connectivity index (χ1) is 15.5. The quantitative estimate of drug-likeness (QED) is 0.178. The molecule has 0 atom stereocenters. The van der Waals surface area contributed by atoms with Crippen molar-refractivity contribution in [1.82, 2.24) is 15.0 Å². The van der Waals surface area contributed by atoms with E-state index in [2.05, 4.69) is 31.4 Å². The molecule has 0 aliphatic rings. The van der Waals surface area contributed by atoms with Gasteiger partial charge in [-0.1, -0.05) is 70.2 Å². The molecule has 0 saturated carbocycles. The summed E-state index contributed by atoms with van der Waals surface area (Å²) in [5.41, 5.74) is 5.49. The Morgan fingerprint density at radius 2 is 1.91 bits per heavy atom. The number of para-hydroxylation sites is 2. The summed E-state index contributed by atoms with van der Waals surface area (Å²) in [6.45, 7) is 1.94. The van der Waals surface area contributed by atoms with Gasteiger partial charge >= 0.3 is 0 Å². The molecule has 0 aliphatic heterocycles. The number of hydrazone groups is 1. The fraction of sp³-hybridized carbons (Fsp3) is 0.0833. The number of fused-ring (bicyclic) bond motifs is 1. The first kappa shape index (κ1) is 22.0. The van der Waals surface area contributed by atoms with Crippen molar-refractivity contribution in [2.45, 2.75) is 12.1 Å². The summed E-state index contributed by atoms with van der Waals surface area (Å²) >= 11 is 4.60. The Balaban J connectivity index is 1.58. The van der Waals surface area contributed by atoms with E-state index >= 15 is 0 Å². The molecule has 1 heterocycles. The van der Waals surface area contributed by atoms with E-state index in [0.717, 1.165) is 21.3 Å². The van der Waals surface area contributed by atoms with Gasteiger partial charge in [-0.25, -0.2) is 10.4 Å². The maximum atomic E-state index is 13.3. The third kappa shape index (κ3) is 4.98. The standard InChI is InChI=1S/C24H19BrN4O2S/c1-16-7-2-5-12-21(16)29-23(31)19-10-3-4-11-20(19)27-24(29)32-15-22(30)28-26-14-17-8-6-9-18(25)13-17/h2-14H,15H2,1H3,(H,28,30)/b26-14-. The Hall–Kier alpha value is -3.23. The van der Waals surface area contributed by atoms with E-state index in [-0.39, 0.29) is 17.2 Å². The summed E-state index contributed by atoms with van der Waals surface area (Å²) in [6, 6.07) is 22.4. The average molecular weight is 507 g/mol. The maximum absolute atomic E-state index is 13.3. The number of hydrogen-bond acceptors (Lipinski definition) is 5. The van der Waals surface area contributed by atoms with Crippen molar-refractivity contribution in [2.24, 2.45) is 5.10 Å². The number of rotatable bonds is 6. The van der Waals surface area contributed by atoms with Gasteiger partial charge in [-0.2, -0.15) is 5.10 Å². The number of nitrogens with zero attached hydrogens (tertiary/aromatic N) is 3. The van der Waals surface area contributed by atoms with Crippen LogP contribution in [0.5, 0.6) is 0 Å². The van der Waals surface area contributed by atoms with Crippen molar-refractivity contribution in [3.05, 3.63) is 98.7 Å². The Morgan fingerprint density at radius 3 is 2.72 bits per heavy atom. The zero-order chi connectivity index (χ0) is 22.5. The van der Waals surface area contributed by atoms with Crippen molar-refractivity contribution in [2.75, 3.05) is 5.75 Å². The lowest BCUT2D eigenvalue weighted by molar-refractivity contribution is -0.118. The molecular formula is C24H19BrN4O2S. The number of hydrogen-bond donors (Lipinski definition) is 1. The van der Waals surface area contributed by atoms with Crippen LogP contribution in [0.25, 0.3) is 16.6 Å². The monoisotopic (exact) mass is 506 g/mol. The second kappa shape index (κ2) is 9.93. The molecule has 4 aromatic rings. The van der Waals surface area contributed by atoms with E-state index < -0.39 is 0 Å². The lowest BCUT2D eigenvalue weighted by atomic mass is 10.2. The van der Waals surface area contributed by atoms with Gasteiger partial charge < -0.3 is 0 Å². The van der Waals surface area contributed by atoms with Crippen LogP contribution in [0.15, 0.2) is 92.3 Å². The molecule has 1 N–H and O–H groups in total. The van der Waals surface area contributed by atoms with Gasteiger partial charge in [-0.15, -0.1) is 0 Å². The SMILES string of the molecule is Cc1ccccc1-n1c(SCC(=O)N/N=C\c2cccc(Br)c2)nc2ccccc2c1=O. The minimum Gasteiger partial charge on any atom is -0.272 e. The van der Waals surface area contributed by atoms with E-state index in [1.54, 1.807) is 22.9 Å². The lowest BCUT2D eigenvalue weighted by Gasteiger charge is -2.14. The van der Waals surface area contributed by atoms with Gasteiger partial charge in [0.15, 0.2) is 5.16 Å². The fourth-order valence-corrected chi connectivity index (χ4v) is 4.38. The highest BCUT2D eigenvalue weighted by molar-refractivity contribution is 9.10. The lowest BCUT2D eigenvalue weighted by Crippen LogP contribution is -2.24. The molecule has 32 heavy (non-hydrogen) atoms. The molecule has 3 aromatic carbocycles. The van der Waals surface area contributed by atoms with Crippen LogP contribution in [-0.4, -0.2) is 27.4 Å². The van der Waals surface area contributed by atoms with E-state index in [1.807, 2.05) is 67.6 Å². The van der Waals surface area contributed by atoms with Gasteiger partial charge in [0.2, 0.25) is 0 Å². The van der Waals surface area contributed by atoms with Crippen LogP contribution in [0, 0.1) is 6.92 Å². The minimum absolute atomic E-state index is 0.0620. The summed E-state index contributed by atoms with van der Waals surface area (Å²) < 4.78 is 2.50. The number of carbonyl (C=O) groups excluding carboxylic acids is 1. The van der Waals surface area contributed by atoms with E-state index in [4.69, 9.17) is 0 Å². The van der Waals surface area contributed by atoms with E-state index in [1.165, 1.54) is 11.8 Å². The molecule has 0 radical (unpaired) electrons. The van der Waals surface area contributed by atoms with Crippen LogP contribution in [0.2, 0.25) is 0 Å². The smallest absolute Gasteiger partial charge is 0.266 e. The summed E-state index contributed by atoms with van der Waals surface area (Å²) in [4.78, 5) is 30.3. The third-order valence-corrected chi connectivity index (χ3v) is 6.12. The number of nitrogens with one attached hydrogen (secondary N) is 1. The first-order valence-corrected chi connectivity index (χ1v) is 11.6. The summed E-state index contributed by atoms with van der Waals surface area (Å²) in [7, 11) is 0. The summed E-state index contributed by atoms with van der Waals surface area (Å²) in [5.74, 6) is -0.230. The van der Waals surface area contributed by atoms with Crippen molar-refractivity contribution in [1.29, 1.82) is 0 Å². The molecule has 8 heteroatoms. The normalized spacial score (nSPS) is 11.2. The molecule has 4 rings (SSSR count). The Bertz CT molecular complexity index is 1380. The van der Waals surface area contributed by atoms with Gasteiger partial charge in [0, 0.05) is 4.47 Å². The summed E-state index contributed by atoms with van der Waals surface area (Å²) in [5, 5.41) is 4.99. The maximum Gasteiger partial charge on any atom is 0.266 e. The van der Waals surface area contributed by atoms with Crippen LogP contribution in [-0.2, 0) is 4.79 Å². The van der Waals surface area contributed by atoms with Crippen molar-refractivity contribution < 1.29 is 4.79 Å². The highest BCUT2D eigenvalue weighted by atomic mass is 79.9. The number of thioether (sulfide) groups is 1. The molecule has 160 valence electrons. The van der Waals surface area contributed by atoms with Crippen molar-refractivity contribution in [3.63, 3.8) is 0 Å². The van der Waals surface area contributed by atoms with Crippen LogP contribution >= 0.6 is 27.7 Å². The second-order valence-corrected chi connectivity index (χ2v) is 8.83. The number of halogens is 1. The fourth-order valence-electron chi connectivity index (χ4n) is 3.16. The molecular weight excluding hydrogens is 488 g/mol. The Kier molecular flexibility index (Phi) is 6.82. The second-order valence-electron chi connectivity index (χ2n) is 6.98. The Labute approximate surface area is 197 Å². The number of aromatic nitrogens is 2. The van der Waals surface area contributed by atoms with E-state index in [9.17, 15) is 9.59 Å². The third-order valence-electron chi connectivity index (χ3n) is 4.69. The van der Waals surface area contributed by atoms with Gasteiger partial charge in [-0.05, 0) is 48.4 Å². The van der Waals surface area contributed by atoms with Gasteiger partial charge in [-0.3, -0.25) is 14.2 Å². The van der Waals surface area contributed by atoms with Gasteiger partial charge in [0.05, 0.1) is 28.6 Å². The summed E-state index contributed by atoms with van der Waals surface area (Å²) in [6.07, 6.45) is 1.57. The first-order valence-electron chi connectivity index (χ1n) is 9.81. The molecule has 1 amide bonds. The molecule has 0 spiro atoms. The highest BCUT2D eigenvalue weighted by Crippen LogP contribution is 2.23. The predicted molar refractivity (Wildman–Crippen MR) is 133 cm³/mol. The zero-order valence-corrected chi connectivity index (χ0v) is 19.6. The van der Waals surface area contributed by atoms with Crippen LogP contribution in [0.1, 0.15) is 11.1 Å². The highest BCUT2D eigenvalue weighted by Gasteiger charge is 2.15. The van der Waals surface area contributed by atoms with Gasteiger partial charge in [0.1, 0.15) is 0 Å². The molecule has 0 fully saturated rings. The van der Waals surface area contributed by atoms with Crippen LogP contribution in [0.3, 0.4) is 0 Å². The van der Waals surface area contributed by atoms with E-state index in [0.29, 0.717) is 16.1 Å². The number of aryl methyl sites for hydroxylation is 1. The number of amides is 1. The predicted octanol–water partition coefficient (Wildman–Crippen LogP) is 4.70. The van der Waals surface area contributed by atoms with Crippen molar-refractivity contribution >= 4 is 50.7 Å². The topological polar surface area (TPSA) is 76.3 Å². The number of benzene rings is 3. The molecule has 0 saturated heterocycles. The minimum atomic E-state index is -0.292. The largest absolute Gasteiger partial charge is 0.272 e.